The van der Waals surface area contributed by atoms with Gasteiger partial charge in [0, 0.05) is 36.1 Å². The van der Waals surface area contributed by atoms with Gasteiger partial charge in [0.25, 0.3) is 23.4 Å². The zero-order valence-electron chi connectivity index (χ0n) is 29.3. The molecule has 0 spiro atoms. The van der Waals surface area contributed by atoms with Crippen LogP contribution in [-0.2, 0) is 23.7 Å². The first-order valence-electron chi connectivity index (χ1n) is 16.5. The molecular weight excluding hydrogens is 764 g/mol. The maximum absolute atomic E-state index is 14.7. The number of hydrogen-bond acceptors (Lipinski definition) is 11. The van der Waals surface area contributed by atoms with Gasteiger partial charge < -0.3 is 30.9 Å². The van der Waals surface area contributed by atoms with E-state index in [2.05, 4.69) is 5.92 Å². The summed E-state index contributed by atoms with van der Waals surface area (Å²) in [6.45, 7) is 0.920. The van der Waals surface area contributed by atoms with Gasteiger partial charge in [-0.15, -0.1) is 6.42 Å². The summed E-state index contributed by atoms with van der Waals surface area (Å²) in [5, 5.41) is 19.0. The summed E-state index contributed by atoms with van der Waals surface area (Å²) < 4.78 is 36.1. The molecule has 19 heteroatoms. The van der Waals surface area contributed by atoms with Crippen LogP contribution in [0, 0.1) is 28.3 Å². The number of halogens is 2. The van der Waals surface area contributed by atoms with Crippen LogP contribution in [-0.4, -0.2) is 70.6 Å². The van der Waals surface area contributed by atoms with Crippen LogP contribution in [0.25, 0.3) is 0 Å². The van der Waals surface area contributed by atoms with Gasteiger partial charge in [-0.3, -0.25) is 38.8 Å². The number of carbonyl (C=O) groups is 4. The number of nitrogens with zero attached hydrogens (tertiary/aromatic N) is 3. The molecule has 0 saturated carbocycles. The molecule has 3 aliphatic rings. The van der Waals surface area contributed by atoms with Crippen molar-refractivity contribution in [1.29, 1.82) is 0 Å². The van der Waals surface area contributed by atoms with Crippen molar-refractivity contribution in [2.75, 3.05) is 41.5 Å². The molecule has 0 bridgehead atoms. The number of carboxylic acid groups (broad SMARTS) is 1. The fourth-order valence-corrected chi connectivity index (χ4v) is 6.48. The molecule has 6 rings (SSSR count). The third kappa shape index (κ3) is 10.3. The van der Waals surface area contributed by atoms with Crippen LogP contribution in [0.1, 0.15) is 32.1 Å². The maximum Gasteiger partial charge on any atom is 0.320 e. The van der Waals surface area contributed by atoms with Crippen LogP contribution < -0.4 is 30.7 Å². The van der Waals surface area contributed by atoms with E-state index < -0.39 is 41.9 Å². The summed E-state index contributed by atoms with van der Waals surface area (Å²) in [5.41, 5.74) is 11.3. The first kappa shape index (κ1) is 42.0. The van der Waals surface area contributed by atoms with Crippen molar-refractivity contribution in [2.45, 2.75) is 38.1 Å². The van der Waals surface area contributed by atoms with Gasteiger partial charge in [-0.05, 0) is 56.4 Å². The number of nitrogens with two attached hydrogens (primary N) is 2. The second kappa shape index (κ2) is 18.0. The lowest BCUT2D eigenvalue weighted by molar-refractivity contribution is -0.383. The molecule has 2 aliphatic heterocycles. The molecule has 16 nitrogen and oxygen atoms in total. The Labute approximate surface area is 319 Å². The smallest absolute Gasteiger partial charge is 0.320 e. The maximum atomic E-state index is 14.7. The predicted molar refractivity (Wildman–Crippen MR) is 201 cm³/mol. The van der Waals surface area contributed by atoms with Crippen LogP contribution >= 0.6 is 19.0 Å². The lowest BCUT2D eigenvalue weighted by atomic mass is 9.93. The number of rotatable bonds is 9. The summed E-state index contributed by atoms with van der Waals surface area (Å²) in [5.74, 6) is 0.125. The molecule has 0 radical (unpaired) electrons. The molecular formula is C36H36ClFN5O11P. The molecule has 0 saturated heterocycles. The van der Waals surface area contributed by atoms with E-state index in [0.717, 1.165) is 23.8 Å². The number of nitro benzene ring substituents is 1. The molecule has 2 atom stereocenters. The Balaban J connectivity index is 0.000000202. The number of nitrogen functional groups attached to an aromatic ring is 1. The van der Waals surface area contributed by atoms with Crippen molar-refractivity contribution < 1.29 is 52.5 Å². The minimum Gasteiger partial charge on any atom is -0.481 e. The molecule has 1 aliphatic carbocycles. The number of fused-ring (bicyclic) bond motifs is 1. The Morgan fingerprint density at radius 1 is 1.13 bits per heavy atom. The molecule has 2 unspecified atom stereocenters. The molecule has 3 amide bonds. The normalized spacial score (nSPS) is 16.2. The first-order valence-corrected chi connectivity index (χ1v) is 19.2. The summed E-state index contributed by atoms with van der Waals surface area (Å²) in [6, 6.07) is 13.0. The average molecular weight is 800 g/mol. The van der Waals surface area contributed by atoms with Crippen LogP contribution in [0.5, 0.6) is 17.2 Å². The van der Waals surface area contributed by atoms with Crippen molar-refractivity contribution in [2.24, 2.45) is 5.73 Å². The monoisotopic (exact) mass is 799 g/mol. The Kier molecular flexibility index (Phi) is 13.8. The lowest BCUT2D eigenvalue weighted by Gasteiger charge is -2.29. The Morgan fingerprint density at radius 2 is 1.75 bits per heavy atom. The molecule has 290 valence electrons. The number of anilines is 3. The number of carboxylic acids is 1. The largest absolute Gasteiger partial charge is 0.481 e. The fourth-order valence-electron chi connectivity index (χ4n) is 5.52. The highest BCUT2D eigenvalue weighted by Gasteiger charge is 2.41. The first-order chi connectivity index (χ1) is 25.9. The Morgan fingerprint density at radius 3 is 2.29 bits per heavy atom. The summed E-state index contributed by atoms with van der Waals surface area (Å²) in [7, 11) is -3.10. The van der Waals surface area contributed by atoms with E-state index in [1.165, 1.54) is 29.8 Å². The highest BCUT2D eigenvalue weighted by atomic mass is 35.5. The van der Waals surface area contributed by atoms with Gasteiger partial charge in [-0.1, -0.05) is 35.7 Å². The second-order valence-corrected chi connectivity index (χ2v) is 15.3. The zero-order chi connectivity index (χ0) is 40.6. The van der Waals surface area contributed by atoms with Crippen LogP contribution in [0.15, 0.2) is 65.7 Å². The number of carbonyl (C=O) groups excluding carboxylic acids is 3. The van der Waals surface area contributed by atoms with Crippen LogP contribution in [0.4, 0.5) is 27.1 Å². The average Bonchev–Trinajstić information content (AvgIpc) is 3.39. The summed E-state index contributed by atoms with van der Waals surface area (Å²) in [6.07, 6.45) is 8.01. The number of terminal acetylenes is 1. The fraction of sp³-hybridized carbons (Fsp3) is 0.278. The minimum absolute atomic E-state index is 0.0170. The van der Waals surface area contributed by atoms with E-state index in [4.69, 9.17) is 49.0 Å². The van der Waals surface area contributed by atoms with E-state index in [0.29, 0.717) is 29.7 Å². The number of para-hydroxylation sites is 1. The van der Waals surface area contributed by atoms with E-state index in [1.807, 2.05) is 6.07 Å². The number of aliphatic carboxylic acids is 1. The number of benzene rings is 3. The standard InChI is InChI=1S/C19H15FN2O4.C12H9ClN2O3.C5H12NO4P/c1-2-7-21-15-9-14(13(20)8-16(15)26-10-17(21)23)22-18(24)11-5-3-4-6-12(11)19(22)25;13-11-10(18-8-4-2-1-3-5-8)7-6-9(12(11)14)15(16)17;1-11(9,10)3-2-4(6)5(7)8/h1,8-9H,3-7,10H2;1-7H,14H2;4H,2-3,6H2,1H3,(H,7,8)(H,9,10). The molecule has 2 heterocycles. The van der Waals surface area contributed by atoms with E-state index >= 15 is 0 Å². The Bertz CT molecular complexity index is 2110. The van der Waals surface area contributed by atoms with Crippen LogP contribution in [0.3, 0.4) is 0 Å². The lowest BCUT2D eigenvalue weighted by Crippen LogP contribution is -2.39. The van der Waals surface area contributed by atoms with Crippen LogP contribution in [0.2, 0.25) is 5.02 Å². The third-order valence-corrected chi connectivity index (χ3v) is 9.79. The van der Waals surface area contributed by atoms with Crippen molar-refractivity contribution in [3.63, 3.8) is 0 Å². The Hall–Kier alpha value is -5.79. The van der Waals surface area contributed by atoms with Gasteiger partial charge >= 0.3 is 5.97 Å². The molecule has 6 N–H and O–H groups in total. The van der Waals surface area contributed by atoms with E-state index in [-0.39, 0.29) is 70.9 Å². The molecule has 0 fully saturated rings. The van der Waals surface area contributed by atoms with Gasteiger partial charge in [0.05, 0.1) is 22.8 Å². The number of hydrogen-bond donors (Lipinski definition) is 4. The SMILES string of the molecule is C#CCN1C(=O)COc2cc(F)c(N3C(=O)C4=C(CCCC4)C3=O)cc21.CP(=O)(O)CCC(N)C(=O)O.Nc1c([N+](=O)[O-])ccc(Oc2ccccc2)c1Cl. The van der Waals surface area contributed by atoms with Gasteiger partial charge in [0.1, 0.15) is 34.0 Å². The van der Waals surface area contributed by atoms with E-state index in [1.54, 1.807) is 24.3 Å². The van der Waals surface area contributed by atoms with Crippen molar-refractivity contribution >= 4 is 65.4 Å². The van der Waals surface area contributed by atoms with Crippen molar-refractivity contribution in [3.05, 3.63) is 86.7 Å². The number of ether oxygens (including phenoxy) is 2. The van der Waals surface area contributed by atoms with Crippen molar-refractivity contribution in [3.8, 4) is 29.6 Å². The number of imide groups is 1. The molecule has 3 aromatic carbocycles. The third-order valence-electron chi connectivity index (χ3n) is 8.31. The molecule has 3 aromatic rings. The second-order valence-electron chi connectivity index (χ2n) is 12.3. The van der Waals surface area contributed by atoms with Gasteiger partial charge in [0.2, 0.25) is 0 Å². The zero-order valence-corrected chi connectivity index (χ0v) is 30.9. The topological polar surface area (TPSA) is 246 Å². The molecule has 0 aromatic heterocycles. The van der Waals surface area contributed by atoms with Gasteiger partial charge in [0.15, 0.2) is 19.8 Å². The molecule has 55 heavy (non-hydrogen) atoms. The number of amides is 3. The summed E-state index contributed by atoms with van der Waals surface area (Å²) >= 11 is 5.94. The highest BCUT2D eigenvalue weighted by molar-refractivity contribution is 7.57. The summed E-state index contributed by atoms with van der Waals surface area (Å²) in [4.78, 5) is 68.5. The minimum atomic E-state index is -3.10. The van der Waals surface area contributed by atoms with Gasteiger partial charge in [-0.25, -0.2) is 9.29 Å². The predicted octanol–water partition coefficient (Wildman–Crippen LogP) is 5.24. The van der Waals surface area contributed by atoms with Gasteiger partial charge in [-0.2, -0.15) is 0 Å². The number of nitro groups is 1. The highest BCUT2D eigenvalue weighted by Crippen LogP contribution is 2.42. The van der Waals surface area contributed by atoms with E-state index in [9.17, 15) is 38.2 Å². The quantitative estimate of drug-likeness (QED) is 0.0541. The van der Waals surface area contributed by atoms with Crippen molar-refractivity contribution in [1.82, 2.24) is 0 Å².